The molecule has 0 spiro atoms. The molecule has 1 aliphatic heterocycles. The first-order valence-electron chi connectivity index (χ1n) is 6.80. The molecular formula is C13H23ClN2O. The van der Waals surface area contributed by atoms with Crippen molar-refractivity contribution >= 4 is 17.5 Å². The maximum Gasteiger partial charge on any atom is 0.235 e. The molecule has 17 heavy (non-hydrogen) atoms. The van der Waals surface area contributed by atoms with Crippen molar-refractivity contribution < 1.29 is 4.79 Å². The highest BCUT2D eigenvalue weighted by molar-refractivity contribution is 6.27. The van der Waals surface area contributed by atoms with Crippen LogP contribution in [0.5, 0.6) is 0 Å². The van der Waals surface area contributed by atoms with Gasteiger partial charge >= 0.3 is 0 Å². The Labute approximate surface area is 109 Å². The van der Waals surface area contributed by atoms with E-state index in [1.54, 1.807) is 0 Å². The Bertz CT molecular complexity index is 268. The summed E-state index contributed by atoms with van der Waals surface area (Å²) in [6.45, 7) is 4.51. The lowest BCUT2D eigenvalue weighted by Crippen LogP contribution is -2.51. The van der Waals surface area contributed by atoms with Gasteiger partial charge in [-0.25, -0.2) is 0 Å². The molecule has 0 bridgehead atoms. The summed E-state index contributed by atoms with van der Waals surface area (Å²) in [5, 5.41) is 3.00. The Kier molecular flexibility index (Phi) is 4.69. The molecule has 1 N–H and O–H groups in total. The summed E-state index contributed by atoms with van der Waals surface area (Å²) in [4.78, 5) is 13.9. The molecule has 4 heteroatoms. The van der Waals surface area contributed by atoms with Crippen LogP contribution in [0.3, 0.4) is 0 Å². The van der Waals surface area contributed by atoms with Crippen molar-refractivity contribution in [2.75, 3.05) is 19.0 Å². The third kappa shape index (κ3) is 3.35. The zero-order valence-corrected chi connectivity index (χ0v) is 11.4. The third-order valence-corrected chi connectivity index (χ3v) is 4.54. The molecule has 1 amide bonds. The largest absolute Gasteiger partial charge is 0.352 e. The molecular weight excluding hydrogens is 236 g/mol. The van der Waals surface area contributed by atoms with Gasteiger partial charge in [-0.3, -0.25) is 4.79 Å². The third-order valence-electron chi connectivity index (χ3n) is 4.30. The number of amides is 1. The minimum absolute atomic E-state index is 0.0417. The highest BCUT2D eigenvalue weighted by atomic mass is 35.5. The number of nitrogens with one attached hydrogen (secondary N) is 1. The van der Waals surface area contributed by atoms with Crippen molar-refractivity contribution in [3.8, 4) is 0 Å². The Morgan fingerprint density at radius 1 is 1.41 bits per heavy atom. The lowest BCUT2D eigenvalue weighted by atomic mass is 9.85. The minimum Gasteiger partial charge on any atom is -0.352 e. The monoisotopic (exact) mass is 258 g/mol. The molecule has 98 valence electrons. The molecule has 0 aromatic heterocycles. The number of hydrogen-bond acceptors (Lipinski definition) is 2. The fourth-order valence-corrected chi connectivity index (χ4v) is 3.02. The second kappa shape index (κ2) is 6.05. The molecule has 0 radical (unpaired) electrons. The molecule has 2 unspecified atom stereocenters. The van der Waals surface area contributed by atoms with E-state index in [4.69, 9.17) is 11.6 Å². The smallest absolute Gasteiger partial charge is 0.235 e. The summed E-state index contributed by atoms with van der Waals surface area (Å²) in [7, 11) is 0. The summed E-state index contributed by atoms with van der Waals surface area (Å²) in [5.41, 5.74) is 0. The summed E-state index contributed by atoms with van der Waals surface area (Å²) in [5.74, 6) is 0.625. The highest BCUT2D eigenvalue weighted by Gasteiger charge is 2.31. The number of carbonyl (C=O) groups excluding carboxylic acids is 1. The van der Waals surface area contributed by atoms with E-state index in [0.717, 1.165) is 12.6 Å². The van der Waals surface area contributed by atoms with Gasteiger partial charge in [-0.2, -0.15) is 0 Å². The zero-order valence-electron chi connectivity index (χ0n) is 10.6. The first-order valence-corrected chi connectivity index (χ1v) is 7.33. The van der Waals surface area contributed by atoms with Gasteiger partial charge in [0.2, 0.25) is 5.91 Å². The molecule has 0 aromatic carbocycles. The number of carbonyl (C=O) groups is 1. The van der Waals surface area contributed by atoms with E-state index in [0.29, 0.717) is 5.92 Å². The molecule has 2 fully saturated rings. The predicted molar refractivity (Wildman–Crippen MR) is 70.3 cm³/mol. The van der Waals surface area contributed by atoms with Crippen molar-refractivity contribution in [3.05, 3.63) is 0 Å². The Morgan fingerprint density at radius 2 is 2.18 bits per heavy atom. The molecule has 1 saturated carbocycles. The van der Waals surface area contributed by atoms with E-state index in [1.165, 1.54) is 38.6 Å². The van der Waals surface area contributed by atoms with Gasteiger partial charge in [0.1, 0.15) is 5.88 Å². The Morgan fingerprint density at radius 3 is 2.76 bits per heavy atom. The summed E-state index contributed by atoms with van der Waals surface area (Å²) in [6.07, 6.45) is 6.63. The average molecular weight is 259 g/mol. The maximum absolute atomic E-state index is 11.3. The van der Waals surface area contributed by atoms with Gasteiger partial charge in [0.15, 0.2) is 0 Å². The summed E-state index contributed by atoms with van der Waals surface area (Å²) in [6, 6.07) is 1.08. The first kappa shape index (κ1) is 13.2. The summed E-state index contributed by atoms with van der Waals surface area (Å²) < 4.78 is 0. The number of alkyl halides is 1. The second-order valence-electron chi connectivity index (χ2n) is 5.47. The lowest BCUT2D eigenvalue weighted by Gasteiger charge is -2.43. The molecule has 2 rings (SSSR count). The van der Waals surface area contributed by atoms with Gasteiger partial charge < -0.3 is 10.2 Å². The zero-order chi connectivity index (χ0) is 12.3. The SMILES string of the molecule is CC(NC(=O)CCl)C1CCCN(C2CCC2)C1. The van der Waals surface area contributed by atoms with E-state index in [2.05, 4.69) is 17.1 Å². The van der Waals surface area contributed by atoms with Crippen LogP contribution in [0.2, 0.25) is 0 Å². The molecule has 1 aliphatic carbocycles. The van der Waals surface area contributed by atoms with Gasteiger partial charge in [0.05, 0.1) is 0 Å². The van der Waals surface area contributed by atoms with E-state index < -0.39 is 0 Å². The van der Waals surface area contributed by atoms with Crippen LogP contribution in [-0.2, 0) is 4.79 Å². The van der Waals surface area contributed by atoms with Gasteiger partial charge in [-0.05, 0) is 45.1 Å². The average Bonchev–Trinajstić information content (AvgIpc) is 2.27. The normalized spacial score (nSPS) is 28.5. The fourth-order valence-electron chi connectivity index (χ4n) is 2.94. The van der Waals surface area contributed by atoms with E-state index >= 15 is 0 Å². The van der Waals surface area contributed by atoms with Crippen LogP contribution in [0.25, 0.3) is 0 Å². The standard InChI is InChI=1S/C13H23ClN2O/c1-10(15-13(17)8-14)11-4-3-7-16(9-11)12-5-2-6-12/h10-12H,2-9H2,1H3,(H,15,17). The van der Waals surface area contributed by atoms with Crippen molar-refractivity contribution in [1.29, 1.82) is 0 Å². The quantitative estimate of drug-likeness (QED) is 0.783. The highest BCUT2D eigenvalue weighted by Crippen LogP contribution is 2.30. The van der Waals surface area contributed by atoms with E-state index in [9.17, 15) is 4.79 Å². The van der Waals surface area contributed by atoms with Crippen molar-refractivity contribution in [2.24, 2.45) is 5.92 Å². The second-order valence-corrected chi connectivity index (χ2v) is 5.74. The van der Waals surface area contributed by atoms with Crippen LogP contribution in [-0.4, -0.2) is 41.9 Å². The number of likely N-dealkylation sites (tertiary alicyclic amines) is 1. The molecule has 2 atom stereocenters. The minimum atomic E-state index is -0.0417. The number of hydrogen-bond donors (Lipinski definition) is 1. The van der Waals surface area contributed by atoms with Crippen molar-refractivity contribution in [3.63, 3.8) is 0 Å². The van der Waals surface area contributed by atoms with Crippen LogP contribution in [0, 0.1) is 5.92 Å². The Balaban J connectivity index is 1.81. The van der Waals surface area contributed by atoms with Gasteiger partial charge in [0.25, 0.3) is 0 Å². The predicted octanol–water partition coefficient (Wildman–Crippen LogP) is 1.99. The van der Waals surface area contributed by atoms with Crippen LogP contribution in [0.15, 0.2) is 0 Å². The van der Waals surface area contributed by atoms with Crippen LogP contribution < -0.4 is 5.32 Å². The molecule has 1 heterocycles. The van der Waals surface area contributed by atoms with Gasteiger partial charge in [0, 0.05) is 18.6 Å². The van der Waals surface area contributed by atoms with Crippen molar-refractivity contribution in [2.45, 2.75) is 51.1 Å². The number of piperidine rings is 1. The maximum atomic E-state index is 11.3. The Hall–Kier alpha value is -0.280. The number of rotatable bonds is 4. The van der Waals surface area contributed by atoms with Gasteiger partial charge in [-0.15, -0.1) is 11.6 Å². The van der Waals surface area contributed by atoms with E-state index in [-0.39, 0.29) is 17.8 Å². The molecule has 0 aromatic rings. The van der Waals surface area contributed by atoms with Crippen LogP contribution >= 0.6 is 11.6 Å². The van der Waals surface area contributed by atoms with E-state index in [1.807, 2.05) is 0 Å². The van der Waals surface area contributed by atoms with Gasteiger partial charge in [-0.1, -0.05) is 6.42 Å². The molecule has 2 aliphatic rings. The summed E-state index contributed by atoms with van der Waals surface area (Å²) >= 11 is 5.52. The fraction of sp³-hybridized carbons (Fsp3) is 0.923. The lowest BCUT2D eigenvalue weighted by molar-refractivity contribution is -0.119. The van der Waals surface area contributed by atoms with Crippen molar-refractivity contribution in [1.82, 2.24) is 10.2 Å². The van der Waals surface area contributed by atoms with Crippen LogP contribution in [0.4, 0.5) is 0 Å². The number of nitrogens with zero attached hydrogens (tertiary/aromatic N) is 1. The topological polar surface area (TPSA) is 32.3 Å². The first-order chi connectivity index (χ1) is 8.20. The van der Waals surface area contributed by atoms with Crippen LogP contribution in [0.1, 0.15) is 39.0 Å². The molecule has 3 nitrogen and oxygen atoms in total. The molecule has 1 saturated heterocycles. The number of halogens is 1.